The highest BCUT2D eigenvalue weighted by atomic mass is 32.2. The lowest BCUT2D eigenvalue weighted by Gasteiger charge is -2.26. The van der Waals surface area contributed by atoms with Gasteiger partial charge in [0.25, 0.3) is 0 Å². The van der Waals surface area contributed by atoms with Gasteiger partial charge in [-0.25, -0.2) is 17.8 Å². The van der Waals surface area contributed by atoms with Crippen molar-refractivity contribution in [2.24, 2.45) is 0 Å². The first-order valence-corrected chi connectivity index (χ1v) is 15.0. The molecule has 2 heterocycles. The van der Waals surface area contributed by atoms with Crippen molar-refractivity contribution in [1.29, 1.82) is 0 Å². The van der Waals surface area contributed by atoms with E-state index in [1.165, 1.54) is 24.4 Å². The van der Waals surface area contributed by atoms with E-state index < -0.39 is 21.4 Å². The maximum absolute atomic E-state index is 14.4. The van der Waals surface area contributed by atoms with Crippen molar-refractivity contribution in [1.82, 2.24) is 14.5 Å². The number of aromatic nitrogens is 2. The highest BCUT2D eigenvalue weighted by Crippen LogP contribution is 2.23. The quantitative estimate of drug-likeness (QED) is 0.263. The summed E-state index contributed by atoms with van der Waals surface area (Å²) < 4.78 is 49.0. The van der Waals surface area contributed by atoms with E-state index in [1.54, 1.807) is 15.5 Å². The molecule has 1 fully saturated rings. The van der Waals surface area contributed by atoms with Gasteiger partial charge in [0.05, 0.1) is 43.3 Å². The van der Waals surface area contributed by atoms with Crippen LogP contribution in [-0.2, 0) is 44.6 Å². The number of amides is 1. The molecule has 7 nitrogen and oxygen atoms in total. The van der Waals surface area contributed by atoms with Crippen molar-refractivity contribution in [2.45, 2.75) is 49.4 Å². The predicted octanol–water partition coefficient (Wildman–Crippen LogP) is 4.79. The van der Waals surface area contributed by atoms with Crippen molar-refractivity contribution >= 4 is 15.7 Å². The molecule has 0 bridgehead atoms. The molecule has 0 saturated carbocycles. The number of hydrogen-bond donors (Lipinski definition) is 0. The predicted molar refractivity (Wildman–Crippen MR) is 150 cm³/mol. The fourth-order valence-electron chi connectivity index (χ4n) is 4.95. The summed E-state index contributed by atoms with van der Waals surface area (Å²) in [5, 5.41) is -0.151. The molecule has 5 rings (SSSR count). The number of hydrogen-bond acceptors (Lipinski definition) is 5. The summed E-state index contributed by atoms with van der Waals surface area (Å²) in [6.45, 7) is 1.47. The highest BCUT2D eigenvalue weighted by Gasteiger charge is 2.28. The van der Waals surface area contributed by atoms with Crippen LogP contribution in [0, 0.1) is 5.82 Å². The van der Waals surface area contributed by atoms with Gasteiger partial charge in [0.2, 0.25) is 20.9 Å². The molecule has 40 heavy (non-hydrogen) atoms. The van der Waals surface area contributed by atoms with E-state index in [2.05, 4.69) is 4.98 Å². The second-order valence-electron chi connectivity index (χ2n) is 10.0. The van der Waals surface area contributed by atoms with E-state index in [9.17, 15) is 17.6 Å². The summed E-state index contributed by atoms with van der Waals surface area (Å²) in [6.07, 6.45) is 3.46. The number of carbonyl (C=O) groups excluding carboxylic acids is 1. The number of rotatable bonds is 11. The van der Waals surface area contributed by atoms with Crippen molar-refractivity contribution in [3.05, 3.63) is 119 Å². The van der Waals surface area contributed by atoms with Crippen LogP contribution in [0.2, 0.25) is 0 Å². The standard InChI is InChI=1S/C31H32FN3O4S/c32-29-16-8-7-14-26(29)23-40(37,38)31-33-19-27(35(31)20-25-12-5-2-6-13-25)21-34(22-28-15-9-17-39-28)30(36)18-24-10-3-1-4-11-24/h1-8,10-14,16,19,28H,9,15,17-18,20-23H2. The Morgan fingerprint density at radius 2 is 1.65 bits per heavy atom. The van der Waals surface area contributed by atoms with Crippen LogP contribution in [0.5, 0.6) is 0 Å². The molecule has 0 spiro atoms. The molecule has 4 aromatic rings. The Hall–Kier alpha value is -3.82. The van der Waals surface area contributed by atoms with Gasteiger partial charge in [0.15, 0.2) is 0 Å². The first-order chi connectivity index (χ1) is 19.4. The van der Waals surface area contributed by atoms with Gasteiger partial charge in [-0.3, -0.25) is 4.79 Å². The monoisotopic (exact) mass is 561 g/mol. The second kappa shape index (κ2) is 12.6. The van der Waals surface area contributed by atoms with E-state index in [4.69, 9.17) is 4.74 Å². The fourth-order valence-corrected chi connectivity index (χ4v) is 6.46. The Labute approximate surface area is 234 Å². The lowest BCUT2D eigenvalue weighted by molar-refractivity contribution is -0.132. The molecule has 1 saturated heterocycles. The summed E-state index contributed by atoms with van der Waals surface area (Å²) in [5.41, 5.74) is 2.44. The molecule has 1 aliphatic rings. The largest absolute Gasteiger partial charge is 0.376 e. The molecule has 208 valence electrons. The number of halogens is 1. The van der Waals surface area contributed by atoms with Gasteiger partial charge in [-0.1, -0.05) is 78.9 Å². The summed E-state index contributed by atoms with van der Waals surface area (Å²) in [4.78, 5) is 19.6. The van der Waals surface area contributed by atoms with Crippen LogP contribution in [-0.4, -0.2) is 48.0 Å². The van der Waals surface area contributed by atoms with E-state index in [0.29, 0.717) is 18.8 Å². The Bertz CT molecular complexity index is 1540. The normalized spacial score (nSPS) is 15.3. The molecular weight excluding hydrogens is 529 g/mol. The van der Waals surface area contributed by atoms with Gasteiger partial charge in [-0.05, 0) is 30.0 Å². The zero-order valence-electron chi connectivity index (χ0n) is 22.2. The van der Waals surface area contributed by atoms with Crippen LogP contribution >= 0.6 is 0 Å². The molecule has 1 amide bonds. The van der Waals surface area contributed by atoms with Gasteiger partial charge < -0.3 is 14.2 Å². The maximum atomic E-state index is 14.4. The summed E-state index contributed by atoms with van der Waals surface area (Å²) in [5.74, 6) is -1.18. The smallest absolute Gasteiger partial charge is 0.228 e. The minimum atomic E-state index is -4.01. The van der Waals surface area contributed by atoms with Crippen LogP contribution in [0.1, 0.15) is 35.2 Å². The van der Waals surface area contributed by atoms with Gasteiger partial charge in [-0.2, -0.15) is 0 Å². The molecule has 3 aromatic carbocycles. The van der Waals surface area contributed by atoms with E-state index >= 15 is 0 Å². The molecule has 0 aliphatic carbocycles. The summed E-state index contributed by atoms with van der Waals surface area (Å²) in [7, 11) is -4.01. The Morgan fingerprint density at radius 3 is 2.33 bits per heavy atom. The molecule has 0 N–H and O–H groups in total. The van der Waals surface area contributed by atoms with E-state index in [-0.39, 0.29) is 42.2 Å². The average Bonchev–Trinajstić information content (AvgIpc) is 3.61. The molecule has 1 aromatic heterocycles. The van der Waals surface area contributed by atoms with Gasteiger partial charge in [0.1, 0.15) is 5.82 Å². The lowest BCUT2D eigenvalue weighted by atomic mass is 10.1. The molecular formula is C31H32FN3O4S. The average molecular weight is 562 g/mol. The Kier molecular flexibility index (Phi) is 8.72. The first-order valence-electron chi connectivity index (χ1n) is 13.4. The summed E-state index contributed by atoms with van der Waals surface area (Å²) in [6, 6.07) is 24.8. The van der Waals surface area contributed by atoms with Crippen molar-refractivity contribution in [3.8, 4) is 0 Å². The number of imidazole rings is 1. The molecule has 0 radical (unpaired) electrons. The van der Waals surface area contributed by atoms with Crippen LogP contribution in [0.25, 0.3) is 0 Å². The van der Waals surface area contributed by atoms with Crippen LogP contribution in [0.15, 0.2) is 96.3 Å². The molecule has 9 heteroatoms. The number of nitrogens with zero attached hydrogens (tertiary/aromatic N) is 3. The fraction of sp³-hybridized carbons (Fsp3) is 0.290. The third-order valence-electron chi connectivity index (χ3n) is 7.02. The highest BCUT2D eigenvalue weighted by molar-refractivity contribution is 7.90. The molecule has 1 atom stereocenters. The minimum Gasteiger partial charge on any atom is -0.376 e. The van der Waals surface area contributed by atoms with Crippen LogP contribution < -0.4 is 0 Å². The van der Waals surface area contributed by atoms with Gasteiger partial charge >= 0.3 is 0 Å². The first kappa shape index (κ1) is 27.7. The van der Waals surface area contributed by atoms with Gasteiger partial charge in [0, 0.05) is 18.7 Å². The third-order valence-corrected chi connectivity index (χ3v) is 8.59. The zero-order chi connectivity index (χ0) is 28.0. The minimum absolute atomic E-state index is 0.0746. The SMILES string of the molecule is O=C(Cc1ccccc1)N(Cc1cnc(S(=O)(=O)Cc2ccccc2F)n1Cc1ccccc1)CC1CCCO1. The lowest BCUT2D eigenvalue weighted by Crippen LogP contribution is -2.38. The summed E-state index contributed by atoms with van der Waals surface area (Å²) >= 11 is 0. The van der Waals surface area contributed by atoms with E-state index in [0.717, 1.165) is 24.0 Å². The third kappa shape index (κ3) is 6.84. The number of ether oxygens (including phenoxy) is 1. The molecule has 1 aliphatic heterocycles. The number of carbonyl (C=O) groups is 1. The second-order valence-corrected chi connectivity index (χ2v) is 11.9. The van der Waals surface area contributed by atoms with Gasteiger partial charge in [-0.15, -0.1) is 0 Å². The zero-order valence-corrected chi connectivity index (χ0v) is 23.0. The van der Waals surface area contributed by atoms with E-state index in [1.807, 2.05) is 60.7 Å². The van der Waals surface area contributed by atoms with Crippen molar-refractivity contribution in [2.75, 3.05) is 13.2 Å². The maximum Gasteiger partial charge on any atom is 0.228 e. The molecule has 1 unspecified atom stereocenters. The Balaban J connectivity index is 1.48. The van der Waals surface area contributed by atoms with Crippen molar-refractivity contribution in [3.63, 3.8) is 0 Å². The number of sulfone groups is 1. The topological polar surface area (TPSA) is 81.5 Å². The Morgan fingerprint density at radius 1 is 0.975 bits per heavy atom. The van der Waals surface area contributed by atoms with Crippen LogP contribution in [0.4, 0.5) is 4.39 Å². The van der Waals surface area contributed by atoms with Crippen LogP contribution in [0.3, 0.4) is 0 Å². The van der Waals surface area contributed by atoms with Crippen molar-refractivity contribution < 1.29 is 22.3 Å². The number of benzene rings is 3.